The van der Waals surface area contributed by atoms with Crippen molar-refractivity contribution < 1.29 is 4.39 Å². The first-order valence-corrected chi connectivity index (χ1v) is 9.97. The molecule has 0 saturated carbocycles. The van der Waals surface area contributed by atoms with Crippen LogP contribution in [0.4, 0.5) is 4.39 Å². The number of hydrogen-bond donors (Lipinski definition) is 0. The second-order valence-electron chi connectivity index (χ2n) is 7.82. The van der Waals surface area contributed by atoms with Crippen molar-refractivity contribution in [3.8, 4) is 11.1 Å². The van der Waals surface area contributed by atoms with Gasteiger partial charge in [-0.25, -0.2) is 4.39 Å². The summed E-state index contributed by atoms with van der Waals surface area (Å²) < 4.78 is 15.2. The lowest BCUT2D eigenvalue weighted by Crippen LogP contribution is -2.33. The van der Waals surface area contributed by atoms with Crippen LogP contribution in [-0.2, 0) is 13.6 Å². The number of pyridine rings is 1. The highest BCUT2D eigenvalue weighted by atomic mass is 19.1. The van der Waals surface area contributed by atoms with E-state index in [4.69, 9.17) is 4.98 Å². The van der Waals surface area contributed by atoms with Crippen molar-refractivity contribution in [1.82, 2.24) is 19.7 Å². The second kappa shape index (κ2) is 7.84. The molecule has 1 saturated heterocycles. The maximum absolute atomic E-state index is 13.3. The van der Waals surface area contributed by atoms with Gasteiger partial charge in [0.25, 0.3) is 0 Å². The molecule has 3 heterocycles. The van der Waals surface area contributed by atoms with E-state index in [0.717, 1.165) is 47.7 Å². The van der Waals surface area contributed by atoms with E-state index >= 15 is 0 Å². The van der Waals surface area contributed by atoms with Gasteiger partial charge in [-0.3, -0.25) is 14.6 Å². The smallest absolute Gasteiger partial charge is 0.123 e. The highest BCUT2D eigenvalue weighted by Crippen LogP contribution is 2.33. The number of rotatable bonds is 4. The Morgan fingerprint density at radius 1 is 1.07 bits per heavy atom. The van der Waals surface area contributed by atoms with E-state index < -0.39 is 0 Å². The molecule has 0 N–H and O–H groups in total. The van der Waals surface area contributed by atoms with Crippen LogP contribution < -0.4 is 0 Å². The SMILES string of the molecule is Cc1cc(-c2ccc(F)cc2)cc([C@@H]2CCCCN2Cc2cn(C)nc2C)n1. The zero-order chi connectivity index (χ0) is 19.7. The third-order valence-corrected chi connectivity index (χ3v) is 5.59. The van der Waals surface area contributed by atoms with Gasteiger partial charge < -0.3 is 0 Å². The van der Waals surface area contributed by atoms with Gasteiger partial charge in [-0.15, -0.1) is 0 Å². The number of likely N-dealkylation sites (tertiary alicyclic amines) is 1. The van der Waals surface area contributed by atoms with E-state index in [9.17, 15) is 4.39 Å². The van der Waals surface area contributed by atoms with Crippen molar-refractivity contribution >= 4 is 0 Å². The van der Waals surface area contributed by atoms with Gasteiger partial charge in [0, 0.05) is 31.0 Å². The summed E-state index contributed by atoms with van der Waals surface area (Å²) in [5.41, 5.74) is 6.61. The molecule has 0 amide bonds. The summed E-state index contributed by atoms with van der Waals surface area (Å²) in [5.74, 6) is -0.208. The molecule has 1 aliphatic rings. The van der Waals surface area contributed by atoms with E-state index in [0.29, 0.717) is 6.04 Å². The lowest BCUT2D eigenvalue weighted by atomic mass is 9.95. The maximum atomic E-state index is 13.3. The Morgan fingerprint density at radius 2 is 1.86 bits per heavy atom. The van der Waals surface area contributed by atoms with Crippen LogP contribution in [0.15, 0.2) is 42.6 Å². The lowest BCUT2D eigenvalue weighted by molar-refractivity contribution is 0.137. The quantitative estimate of drug-likeness (QED) is 0.643. The highest BCUT2D eigenvalue weighted by molar-refractivity contribution is 5.64. The monoisotopic (exact) mass is 378 g/mol. The van der Waals surface area contributed by atoms with Gasteiger partial charge in [-0.1, -0.05) is 18.6 Å². The van der Waals surface area contributed by atoms with E-state index in [1.807, 2.05) is 30.8 Å². The molecule has 0 bridgehead atoms. The number of nitrogens with zero attached hydrogens (tertiary/aromatic N) is 4. The van der Waals surface area contributed by atoms with Crippen LogP contribution >= 0.6 is 0 Å². The lowest BCUT2D eigenvalue weighted by Gasteiger charge is -2.35. The van der Waals surface area contributed by atoms with E-state index in [1.165, 1.54) is 30.5 Å². The topological polar surface area (TPSA) is 34.0 Å². The average Bonchev–Trinajstić information content (AvgIpc) is 2.99. The third-order valence-electron chi connectivity index (χ3n) is 5.59. The van der Waals surface area contributed by atoms with Crippen LogP contribution in [0, 0.1) is 19.7 Å². The third kappa shape index (κ3) is 3.99. The molecule has 146 valence electrons. The molecule has 3 aromatic rings. The van der Waals surface area contributed by atoms with Crippen molar-refractivity contribution in [2.75, 3.05) is 6.54 Å². The number of aryl methyl sites for hydroxylation is 3. The number of benzene rings is 1. The molecular formula is C23H27FN4. The summed E-state index contributed by atoms with van der Waals surface area (Å²) in [5, 5.41) is 4.49. The first kappa shape index (κ1) is 18.8. The first-order chi connectivity index (χ1) is 13.5. The van der Waals surface area contributed by atoms with Crippen molar-refractivity contribution in [3.63, 3.8) is 0 Å². The molecule has 5 heteroatoms. The number of piperidine rings is 1. The Morgan fingerprint density at radius 3 is 2.57 bits per heavy atom. The van der Waals surface area contributed by atoms with Gasteiger partial charge >= 0.3 is 0 Å². The van der Waals surface area contributed by atoms with E-state index in [1.54, 1.807) is 0 Å². The van der Waals surface area contributed by atoms with Crippen molar-refractivity contribution in [1.29, 1.82) is 0 Å². The predicted molar refractivity (Wildman–Crippen MR) is 109 cm³/mol. The average molecular weight is 378 g/mol. The zero-order valence-corrected chi connectivity index (χ0v) is 16.8. The van der Waals surface area contributed by atoms with Crippen molar-refractivity contribution in [2.45, 2.75) is 45.7 Å². The molecule has 0 aliphatic carbocycles. The van der Waals surface area contributed by atoms with Crippen LogP contribution in [-0.4, -0.2) is 26.2 Å². The van der Waals surface area contributed by atoms with Crippen molar-refractivity contribution in [3.05, 3.63) is 71.1 Å². The van der Waals surface area contributed by atoms with Gasteiger partial charge in [-0.05, 0) is 68.6 Å². The molecule has 4 nitrogen and oxygen atoms in total. The van der Waals surface area contributed by atoms with Gasteiger partial charge in [0.2, 0.25) is 0 Å². The number of halogens is 1. The van der Waals surface area contributed by atoms with Gasteiger partial charge in [0.15, 0.2) is 0 Å². The summed E-state index contributed by atoms with van der Waals surface area (Å²) in [6.07, 6.45) is 5.66. The van der Waals surface area contributed by atoms with Crippen LogP contribution in [0.2, 0.25) is 0 Å². The van der Waals surface area contributed by atoms with E-state index in [2.05, 4.69) is 35.3 Å². The minimum atomic E-state index is -0.208. The molecule has 2 aromatic heterocycles. The first-order valence-electron chi connectivity index (χ1n) is 9.97. The van der Waals surface area contributed by atoms with Gasteiger partial charge in [-0.2, -0.15) is 5.10 Å². The molecule has 1 atom stereocenters. The Bertz CT molecular complexity index is 961. The minimum absolute atomic E-state index is 0.208. The maximum Gasteiger partial charge on any atom is 0.123 e. The molecule has 0 spiro atoms. The molecule has 0 radical (unpaired) electrons. The zero-order valence-electron chi connectivity index (χ0n) is 16.8. The van der Waals surface area contributed by atoms with Crippen LogP contribution in [0.5, 0.6) is 0 Å². The molecule has 4 rings (SSSR count). The fourth-order valence-electron chi connectivity index (χ4n) is 4.21. The van der Waals surface area contributed by atoms with Crippen LogP contribution in [0.1, 0.15) is 47.9 Å². The molecule has 0 unspecified atom stereocenters. The standard InChI is InChI=1S/C23H27FN4/c1-16-12-19(18-7-9-21(24)10-8-18)13-22(25-16)23-6-4-5-11-28(23)15-20-14-27(3)26-17(20)2/h7-10,12-14,23H,4-6,11,15H2,1-3H3/t23-/m0/s1. The Hall–Kier alpha value is -2.53. The highest BCUT2D eigenvalue weighted by Gasteiger charge is 2.26. The predicted octanol–water partition coefficient (Wildman–Crippen LogP) is 4.97. The summed E-state index contributed by atoms with van der Waals surface area (Å²) >= 11 is 0. The summed E-state index contributed by atoms with van der Waals surface area (Å²) in [6.45, 7) is 6.08. The van der Waals surface area contributed by atoms with Gasteiger partial charge in [0.1, 0.15) is 5.82 Å². The molecule has 28 heavy (non-hydrogen) atoms. The Labute approximate surface area is 166 Å². The summed E-state index contributed by atoms with van der Waals surface area (Å²) in [6, 6.07) is 11.3. The summed E-state index contributed by atoms with van der Waals surface area (Å²) in [4.78, 5) is 7.41. The fourth-order valence-corrected chi connectivity index (χ4v) is 4.21. The normalized spacial score (nSPS) is 17.8. The largest absolute Gasteiger partial charge is 0.290 e. The molecule has 1 fully saturated rings. The van der Waals surface area contributed by atoms with Crippen molar-refractivity contribution in [2.24, 2.45) is 7.05 Å². The fraction of sp³-hybridized carbons (Fsp3) is 0.391. The van der Waals surface area contributed by atoms with Crippen LogP contribution in [0.3, 0.4) is 0 Å². The second-order valence-corrected chi connectivity index (χ2v) is 7.82. The molecule has 1 aromatic carbocycles. The summed E-state index contributed by atoms with van der Waals surface area (Å²) in [7, 11) is 1.97. The van der Waals surface area contributed by atoms with E-state index in [-0.39, 0.29) is 5.82 Å². The number of aromatic nitrogens is 3. The number of hydrogen-bond acceptors (Lipinski definition) is 3. The van der Waals surface area contributed by atoms with Gasteiger partial charge in [0.05, 0.1) is 17.4 Å². The molecule has 1 aliphatic heterocycles. The Balaban J connectivity index is 1.65. The molecular weight excluding hydrogens is 351 g/mol. The Kier molecular flexibility index (Phi) is 5.27. The van der Waals surface area contributed by atoms with Crippen LogP contribution in [0.25, 0.3) is 11.1 Å². The minimum Gasteiger partial charge on any atom is -0.290 e.